The average molecular weight is 281 g/mol. The molecule has 0 spiro atoms. The molecule has 1 aliphatic carbocycles. The molecule has 1 saturated carbocycles. The van der Waals surface area contributed by atoms with Crippen molar-refractivity contribution in [3.63, 3.8) is 0 Å². The molecule has 19 heavy (non-hydrogen) atoms. The van der Waals surface area contributed by atoms with E-state index in [0.29, 0.717) is 6.54 Å². The van der Waals surface area contributed by atoms with Crippen LogP contribution < -0.4 is 15.2 Å². The van der Waals surface area contributed by atoms with Crippen LogP contribution in [-0.2, 0) is 5.41 Å². The van der Waals surface area contributed by atoms with E-state index in [1.807, 2.05) is 12.1 Å². The first-order valence-electron chi connectivity index (χ1n) is 6.72. The van der Waals surface area contributed by atoms with Gasteiger partial charge in [-0.05, 0) is 31.2 Å². The van der Waals surface area contributed by atoms with E-state index >= 15 is 0 Å². The van der Waals surface area contributed by atoms with Gasteiger partial charge in [-0.25, -0.2) is 0 Å². The number of methoxy groups -OCH3 is 2. The third-order valence-corrected chi connectivity index (χ3v) is 5.02. The van der Waals surface area contributed by atoms with Gasteiger partial charge in [-0.1, -0.05) is 12.8 Å². The number of benzene rings is 1. The number of hydrogen-bond donors (Lipinski definition) is 1. The Balaban J connectivity index is 2.64. The zero-order chi connectivity index (χ0) is 13.9. The lowest BCUT2D eigenvalue weighted by Crippen LogP contribution is -2.33. The van der Waals surface area contributed by atoms with Crippen molar-refractivity contribution in [2.75, 3.05) is 27.0 Å². The highest BCUT2D eigenvalue weighted by molar-refractivity contribution is 7.98. The molecule has 0 atom stereocenters. The van der Waals surface area contributed by atoms with E-state index in [1.165, 1.54) is 23.3 Å². The molecule has 1 aromatic carbocycles. The van der Waals surface area contributed by atoms with Crippen molar-refractivity contribution in [3.8, 4) is 11.5 Å². The molecule has 0 aromatic heterocycles. The van der Waals surface area contributed by atoms with Gasteiger partial charge in [0, 0.05) is 17.5 Å². The van der Waals surface area contributed by atoms with Gasteiger partial charge in [0.05, 0.1) is 19.1 Å². The van der Waals surface area contributed by atoms with Crippen molar-refractivity contribution in [2.45, 2.75) is 36.0 Å². The van der Waals surface area contributed by atoms with Crippen LogP contribution in [0.5, 0.6) is 11.5 Å². The van der Waals surface area contributed by atoms with Crippen molar-refractivity contribution in [2.24, 2.45) is 5.73 Å². The van der Waals surface area contributed by atoms with Crippen molar-refractivity contribution in [1.82, 2.24) is 0 Å². The summed E-state index contributed by atoms with van der Waals surface area (Å²) in [4.78, 5) is 1.18. The standard InChI is InChI=1S/C15H23NO2S/c1-17-11-6-7-12(18-2)14(19-3)13(11)15(10-16)8-4-5-9-15/h6-7H,4-5,8-10,16H2,1-3H3. The maximum atomic E-state index is 6.13. The van der Waals surface area contributed by atoms with Crippen molar-refractivity contribution in [3.05, 3.63) is 17.7 Å². The highest BCUT2D eigenvalue weighted by atomic mass is 32.2. The molecule has 0 amide bonds. The van der Waals surface area contributed by atoms with Gasteiger partial charge in [-0.15, -0.1) is 11.8 Å². The van der Waals surface area contributed by atoms with Crippen LogP contribution in [-0.4, -0.2) is 27.0 Å². The van der Waals surface area contributed by atoms with Crippen LogP contribution >= 0.6 is 11.8 Å². The Kier molecular flexibility index (Phi) is 4.63. The second kappa shape index (κ2) is 6.06. The molecule has 106 valence electrons. The number of hydrogen-bond acceptors (Lipinski definition) is 4. The number of ether oxygens (including phenoxy) is 2. The van der Waals surface area contributed by atoms with Crippen LogP contribution in [0.3, 0.4) is 0 Å². The van der Waals surface area contributed by atoms with Gasteiger partial charge in [0.1, 0.15) is 11.5 Å². The lowest BCUT2D eigenvalue weighted by Gasteiger charge is -2.32. The highest BCUT2D eigenvalue weighted by Crippen LogP contribution is 2.50. The summed E-state index contributed by atoms with van der Waals surface area (Å²) in [5.41, 5.74) is 7.44. The van der Waals surface area contributed by atoms with Crippen LogP contribution in [0.25, 0.3) is 0 Å². The lowest BCUT2D eigenvalue weighted by molar-refractivity contribution is 0.359. The van der Waals surface area contributed by atoms with E-state index in [1.54, 1.807) is 26.0 Å². The fraction of sp³-hybridized carbons (Fsp3) is 0.600. The second-order valence-corrected chi connectivity index (χ2v) is 5.89. The van der Waals surface area contributed by atoms with Gasteiger partial charge in [0.15, 0.2) is 0 Å². The minimum atomic E-state index is 0.0538. The van der Waals surface area contributed by atoms with Gasteiger partial charge in [-0.3, -0.25) is 0 Å². The molecule has 0 aliphatic heterocycles. The number of thioether (sulfide) groups is 1. The first-order valence-corrected chi connectivity index (χ1v) is 7.94. The van der Waals surface area contributed by atoms with Crippen LogP contribution in [0.15, 0.2) is 17.0 Å². The maximum absolute atomic E-state index is 6.13. The van der Waals surface area contributed by atoms with Gasteiger partial charge >= 0.3 is 0 Å². The summed E-state index contributed by atoms with van der Waals surface area (Å²) in [7, 11) is 3.45. The SMILES string of the molecule is COc1ccc(OC)c(C2(CN)CCCC2)c1SC. The normalized spacial score (nSPS) is 17.5. The van der Waals surface area contributed by atoms with Crippen molar-refractivity contribution < 1.29 is 9.47 Å². The van der Waals surface area contributed by atoms with Crippen LogP contribution in [0, 0.1) is 0 Å². The Morgan fingerprint density at radius 1 is 1.16 bits per heavy atom. The Morgan fingerprint density at radius 3 is 2.21 bits per heavy atom. The number of rotatable bonds is 5. The topological polar surface area (TPSA) is 44.5 Å². The molecular formula is C15H23NO2S. The fourth-order valence-corrected chi connectivity index (χ4v) is 4.06. The summed E-state index contributed by atoms with van der Waals surface area (Å²) < 4.78 is 11.1. The Hall–Kier alpha value is -0.870. The summed E-state index contributed by atoms with van der Waals surface area (Å²) in [6, 6.07) is 3.98. The van der Waals surface area contributed by atoms with E-state index in [9.17, 15) is 0 Å². The van der Waals surface area contributed by atoms with Gasteiger partial charge in [0.25, 0.3) is 0 Å². The summed E-state index contributed by atoms with van der Waals surface area (Å²) in [6.45, 7) is 0.671. The maximum Gasteiger partial charge on any atom is 0.132 e. The van der Waals surface area contributed by atoms with E-state index < -0.39 is 0 Å². The minimum Gasteiger partial charge on any atom is -0.496 e. The third kappa shape index (κ3) is 2.43. The van der Waals surface area contributed by atoms with Crippen LogP contribution in [0.4, 0.5) is 0 Å². The predicted octanol–water partition coefficient (Wildman–Crippen LogP) is 3.20. The smallest absolute Gasteiger partial charge is 0.132 e. The van der Waals surface area contributed by atoms with E-state index in [-0.39, 0.29) is 5.41 Å². The van der Waals surface area contributed by atoms with E-state index in [2.05, 4.69) is 6.26 Å². The molecular weight excluding hydrogens is 258 g/mol. The highest BCUT2D eigenvalue weighted by Gasteiger charge is 2.39. The zero-order valence-corrected chi connectivity index (χ0v) is 12.8. The molecule has 0 bridgehead atoms. The molecule has 0 radical (unpaired) electrons. The Morgan fingerprint density at radius 2 is 1.74 bits per heavy atom. The molecule has 0 saturated heterocycles. The summed E-state index contributed by atoms with van der Waals surface area (Å²) in [5.74, 6) is 1.86. The summed E-state index contributed by atoms with van der Waals surface area (Å²) in [5, 5.41) is 0. The summed E-state index contributed by atoms with van der Waals surface area (Å²) in [6.07, 6.45) is 6.85. The van der Waals surface area contributed by atoms with E-state index in [4.69, 9.17) is 15.2 Å². The monoisotopic (exact) mass is 281 g/mol. The molecule has 4 heteroatoms. The third-order valence-electron chi connectivity index (χ3n) is 4.21. The lowest BCUT2D eigenvalue weighted by atomic mass is 9.78. The molecule has 0 unspecified atom stereocenters. The molecule has 1 aromatic rings. The summed E-state index contributed by atoms with van der Waals surface area (Å²) >= 11 is 1.72. The zero-order valence-electron chi connectivity index (χ0n) is 12.0. The minimum absolute atomic E-state index is 0.0538. The largest absolute Gasteiger partial charge is 0.496 e. The Bertz CT molecular complexity index is 442. The van der Waals surface area contributed by atoms with Gasteiger partial charge in [-0.2, -0.15) is 0 Å². The van der Waals surface area contributed by atoms with Crippen LogP contribution in [0.2, 0.25) is 0 Å². The number of nitrogens with two attached hydrogens (primary N) is 1. The molecule has 2 N–H and O–H groups in total. The van der Waals surface area contributed by atoms with Crippen molar-refractivity contribution in [1.29, 1.82) is 0 Å². The molecule has 2 rings (SSSR count). The molecule has 1 fully saturated rings. The van der Waals surface area contributed by atoms with Crippen LogP contribution in [0.1, 0.15) is 31.2 Å². The average Bonchev–Trinajstić information content (AvgIpc) is 2.95. The predicted molar refractivity (Wildman–Crippen MR) is 80.5 cm³/mol. The van der Waals surface area contributed by atoms with Gasteiger partial charge < -0.3 is 15.2 Å². The molecule has 0 heterocycles. The first kappa shape index (κ1) is 14.5. The Labute approximate surface area is 119 Å². The molecule has 1 aliphatic rings. The second-order valence-electron chi connectivity index (χ2n) is 5.07. The van der Waals surface area contributed by atoms with E-state index in [0.717, 1.165) is 24.3 Å². The molecule has 3 nitrogen and oxygen atoms in total. The first-order chi connectivity index (χ1) is 9.22. The fourth-order valence-electron chi connectivity index (χ4n) is 3.19. The van der Waals surface area contributed by atoms with Gasteiger partial charge in [0.2, 0.25) is 0 Å². The quantitative estimate of drug-likeness (QED) is 0.842. The van der Waals surface area contributed by atoms with Crippen molar-refractivity contribution >= 4 is 11.8 Å².